The summed E-state index contributed by atoms with van der Waals surface area (Å²) in [7, 11) is -3.88. The first-order valence-corrected chi connectivity index (χ1v) is 14.3. The topological polar surface area (TPSA) is 102 Å². The number of rotatable bonds is 7. The number of carbonyl (C=O) groups is 2. The molecule has 4 aliphatic carbocycles. The van der Waals surface area contributed by atoms with Crippen molar-refractivity contribution in [2.45, 2.75) is 56.4 Å². The lowest BCUT2D eigenvalue weighted by Gasteiger charge is -2.59. The Kier molecular flexibility index (Phi) is 6.89. The number of hydrogen-bond donors (Lipinski definition) is 1. The van der Waals surface area contributed by atoms with Gasteiger partial charge in [-0.1, -0.05) is 11.6 Å². The van der Waals surface area contributed by atoms with Crippen molar-refractivity contribution in [2.24, 2.45) is 23.2 Å². The summed E-state index contributed by atoms with van der Waals surface area (Å²) >= 11 is 6.17. The molecule has 5 aliphatic rings. The number of amides is 1. The van der Waals surface area contributed by atoms with Crippen LogP contribution in [-0.4, -0.2) is 63.6 Å². The van der Waals surface area contributed by atoms with Crippen LogP contribution >= 0.6 is 11.6 Å². The number of sulfonamides is 1. The van der Waals surface area contributed by atoms with Gasteiger partial charge in [0.05, 0.1) is 23.8 Å². The molecule has 1 saturated heterocycles. The minimum Gasteiger partial charge on any atom is -0.452 e. The van der Waals surface area contributed by atoms with Crippen LogP contribution in [0.2, 0.25) is 5.02 Å². The maximum atomic E-state index is 13.0. The third-order valence-corrected chi connectivity index (χ3v) is 10.9. The Bertz CT molecular complexity index is 1070. The van der Waals surface area contributed by atoms with Gasteiger partial charge in [0.15, 0.2) is 6.61 Å². The number of benzene rings is 1. The zero-order valence-electron chi connectivity index (χ0n) is 20.0. The first-order chi connectivity index (χ1) is 16.7. The standard InChI is InChI=1S/C25H33ClN2O6S/c1-16(25-12-17-8-18(13-25)10-19(9-17)14-25)27-23(29)15-34-24(30)20-2-3-21(26)22(11-20)35(31,32)28-4-6-33-7-5-28/h2-3,11,16-19H,4-10,12-15H2,1H3,(H,27,29)/t16-,17?,18?,19?,25?/m0/s1. The molecule has 0 unspecified atom stereocenters. The van der Waals surface area contributed by atoms with Crippen LogP contribution in [0.1, 0.15) is 55.8 Å². The zero-order chi connectivity index (χ0) is 24.8. The minimum absolute atomic E-state index is 0.0233. The first-order valence-electron chi connectivity index (χ1n) is 12.5. The molecule has 35 heavy (non-hydrogen) atoms. The summed E-state index contributed by atoms with van der Waals surface area (Å²) in [6, 6.07) is 4.01. The highest BCUT2D eigenvalue weighted by molar-refractivity contribution is 7.89. The van der Waals surface area contributed by atoms with Gasteiger partial charge in [-0.25, -0.2) is 13.2 Å². The molecule has 0 aromatic heterocycles. The van der Waals surface area contributed by atoms with E-state index >= 15 is 0 Å². The Hall–Kier alpha value is -1.68. The number of halogens is 1. The van der Waals surface area contributed by atoms with Crippen LogP contribution in [0, 0.1) is 23.2 Å². The summed E-state index contributed by atoms with van der Waals surface area (Å²) in [4.78, 5) is 25.1. The molecule has 8 nitrogen and oxygen atoms in total. The third-order valence-electron chi connectivity index (χ3n) is 8.47. The predicted molar refractivity (Wildman–Crippen MR) is 130 cm³/mol. The second kappa shape index (κ2) is 9.65. The average Bonchev–Trinajstić information content (AvgIpc) is 2.82. The van der Waals surface area contributed by atoms with Gasteiger partial charge in [0.25, 0.3) is 5.91 Å². The van der Waals surface area contributed by atoms with Crippen LogP contribution < -0.4 is 5.32 Å². The summed E-state index contributed by atoms with van der Waals surface area (Å²) in [5, 5.41) is 3.10. The monoisotopic (exact) mass is 524 g/mol. The molecule has 10 heteroatoms. The van der Waals surface area contributed by atoms with Crippen molar-refractivity contribution < 1.29 is 27.5 Å². The number of ether oxygens (including phenoxy) is 2. The summed E-state index contributed by atoms with van der Waals surface area (Å²) in [6.45, 7) is 2.70. The van der Waals surface area contributed by atoms with E-state index < -0.39 is 22.6 Å². The number of nitrogens with zero attached hydrogens (tertiary/aromatic N) is 1. The normalized spacial score (nSPS) is 31.2. The van der Waals surface area contributed by atoms with Crippen molar-refractivity contribution >= 4 is 33.5 Å². The van der Waals surface area contributed by atoms with E-state index in [1.54, 1.807) is 0 Å². The second-order valence-corrected chi connectivity index (χ2v) is 13.1. The van der Waals surface area contributed by atoms with E-state index in [4.69, 9.17) is 21.1 Å². The van der Waals surface area contributed by atoms with Gasteiger partial charge < -0.3 is 14.8 Å². The summed E-state index contributed by atoms with van der Waals surface area (Å²) in [6.07, 6.45) is 7.52. The molecule has 1 N–H and O–H groups in total. The van der Waals surface area contributed by atoms with Crippen molar-refractivity contribution in [1.29, 1.82) is 0 Å². The molecule has 5 fully saturated rings. The van der Waals surface area contributed by atoms with Crippen molar-refractivity contribution in [3.05, 3.63) is 28.8 Å². The molecule has 1 heterocycles. The van der Waals surface area contributed by atoms with Gasteiger partial charge in [0.2, 0.25) is 10.0 Å². The van der Waals surface area contributed by atoms with Crippen molar-refractivity contribution in [1.82, 2.24) is 9.62 Å². The van der Waals surface area contributed by atoms with Crippen LogP contribution in [0.3, 0.4) is 0 Å². The van der Waals surface area contributed by atoms with Crippen molar-refractivity contribution in [2.75, 3.05) is 32.9 Å². The highest BCUT2D eigenvalue weighted by Gasteiger charge is 2.53. The Morgan fingerprint density at radius 1 is 1.14 bits per heavy atom. The maximum Gasteiger partial charge on any atom is 0.338 e. The third kappa shape index (κ3) is 4.97. The smallest absolute Gasteiger partial charge is 0.338 e. The van der Waals surface area contributed by atoms with Crippen LogP contribution in [0.4, 0.5) is 0 Å². The summed E-state index contributed by atoms with van der Waals surface area (Å²) < 4.78 is 37.8. The molecule has 4 saturated carbocycles. The van der Waals surface area contributed by atoms with Crippen LogP contribution in [0.25, 0.3) is 0 Å². The molecular weight excluding hydrogens is 492 g/mol. The van der Waals surface area contributed by atoms with E-state index in [0.717, 1.165) is 17.8 Å². The molecule has 1 aromatic rings. The number of nitrogens with one attached hydrogen (secondary N) is 1. The lowest BCUT2D eigenvalue weighted by atomic mass is 9.48. The average molecular weight is 525 g/mol. The first kappa shape index (κ1) is 25.0. The van der Waals surface area contributed by atoms with E-state index in [0.29, 0.717) is 13.2 Å². The number of hydrogen-bond acceptors (Lipinski definition) is 6. The Morgan fingerprint density at radius 2 is 1.74 bits per heavy atom. The van der Waals surface area contributed by atoms with Gasteiger partial charge in [0.1, 0.15) is 4.90 Å². The minimum atomic E-state index is -3.88. The molecule has 0 spiro atoms. The van der Waals surface area contributed by atoms with Gasteiger partial charge in [-0.3, -0.25) is 4.79 Å². The van der Waals surface area contributed by atoms with E-state index in [2.05, 4.69) is 12.2 Å². The van der Waals surface area contributed by atoms with E-state index in [9.17, 15) is 18.0 Å². The van der Waals surface area contributed by atoms with Gasteiger partial charge in [0, 0.05) is 19.1 Å². The molecule has 6 rings (SSSR count). The van der Waals surface area contributed by atoms with E-state index in [-0.39, 0.29) is 45.9 Å². The fraction of sp³-hybridized carbons (Fsp3) is 0.680. The SMILES string of the molecule is C[C@H](NC(=O)COC(=O)c1ccc(Cl)c(S(=O)(=O)N2CCOCC2)c1)C12CC3CC(CC(C3)C1)C2. The lowest BCUT2D eigenvalue weighted by molar-refractivity contribution is -0.128. The predicted octanol–water partition coefficient (Wildman–Crippen LogP) is 3.24. The van der Waals surface area contributed by atoms with Crippen LogP contribution in [0.5, 0.6) is 0 Å². The lowest BCUT2D eigenvalue weighted by Crippen LogP contribution is -2.56. The zero-order valence-corrected chi connectivity index (χ0v) is 21.6. The highest BCUT2D eigenvalue weighted by atomic mass is 35.5. The Balaban J connectivity index is 1.20. The largest absolute Gasteiger partial charge is 0.452 e. The van der Waals surface area contributed by atoms with E-state index in [1.807, 2.05) is 0 Å². The van der Waals surface area contributed by atoms with Crippen LogP contribution in [-0.2, 0) is 24.3 Å². The number of morpholine rings is 1. The molecule has 4 bridgehead atoms. The molecule has 0 radical (unpaired) electrons. The van der Waals surface area contributed by atoms with E-state index in [1.165, 1.54) is 61.0 Å². The number of carbonyl (C=O) groups excluding carboxylic acids is 2. The summed E-state index contributed by atoms with van der Waals surface area (Å²) in [5.74, 6) is 1.25. The van der Waals surface area contributed by atoms with Gasteiger partial charge in [-0.05, 0) is 86.8 Å². The molecule has 1 amide bonds. The van der Waals surface area contributed by atoms with Gasteiger partial charge >= 0.3 is 5.97 Å². The molecule has 192 valence electrons. The fourth-order valence-electron chi connectivity index (χ4n) is 7.11. The Morgan fingerprint density at radius 3 is 2.34 bits per heavy atom. The molecule has 1 atom stereocenters. The second-order valence-electron chi connectivity index (χ2n) is 10.8. The maximum absolute atomic E-state index is 13.0. The molecular formula is C25H33ClN2O6S. The molecule has 1 aliphatic heterocycles. The number of esters is 1. The molecule has 1 aromatic carbocycles. The van der Waals surface area contributed by atoms with Gasteiger partial charge in [-0.15, -0.1) is 0 Å². The van der Waals surface area contributed by atoms with Gasteiger partial charge in [-0.2, -0.15) is 4.31 Å². The highest BCUT2D eigenvalue weighted by Crippen LogP contribution is 2.61. The van der Waals surface area contributed by atoms with Crippen LogP contribution in [0.15, 0.2) is 23.1 Å². The quantitative estimate of drug-likeness (QED) is 0.549. The fourth-order valence-corrected chi connectivity index (χ4v) is 9.02. The Labute approximate surface area is 211 Å². The summed E-state index contributed by atoms with van der Waals surface area (Å²) in [5.41, 5.74) is 0.191. The van der Waals surface area contributed by atoms with Crippen molar-refractivity contribution in [3.8, 4) is 0 Å². The van der Waals surface area contributed by atoms with Crippen molar-refractivity contribution in [3.63, 3.8) is 0 Å².